The smallest absolute Gasteiger partial charge is 0.271 e. The van der Waals surface area contributed by atoms with Crippen LogP contribution in [0.4, 0.5) is 5.69 Å². The van der Waals surface area contributed by atoms with Crippen LogP contribution in [0.3, 0.4) is 0 Å². The van der Waals surface area contributed by atoms with Crippen molar-refractivity contribution in [3.05, 3.63) is 44.4 Å². The van der Waals surface area contributed by atoms with Crippen molar-refractivity contribution in [1.29, 1.82) is 0 Å². The maximum Gasteiger partial charge on any atom is 0.271 e. The third-order valence-corrected chi connectivity index (χ3v) is 2.14. The molecule has 1 aromatic rings. The van der Waals surface area contributed by atoms with Gasteiger partial charge in [0, 0.05) is 22.7 Å². The highest BCUT2D eigenvalue weighted by Crippen LogP contribution is 2.21. The van der Waals surface area contributed by atoms with E-state index in [4.69, 9.17) is 5.84 Å². The fraction of sp³-hybridized carbons (Fsp3) is 0. The first-order valence-electron chi connectivity index (χ1n) is 4.16. The summed E-state index contributed by atoms with van der Waals surface area (Å²) in [7, 11) is 0. The van der Waals surface area contributed by atoms with Crippen LogP contribution in [0.25, 0.3) is 6.08 Å². The van der Waals surface area contributed by atoms with E-state index in [0.717, 1.165) is 0 Å². The first-order valence-corrected chi connectivity index (χ1v) is 4.96. The molecule has 0 aliphatic rings. The molecule has 0 radical (unpaired) electrons. The maximum absolute atomic E-state index is 10.8. The molecule has 0 atom stereocenters. The number of carbonyl (C=O) groups excluding carboxylic acids is 1. The van der Waals surface area contributed by atoms with Crippen LogP contribution in [0.15, 0.2) is 28.7 Å². The number of nitrogens with two attached hydrogens (primary N) is 1. The summed E-state index contributed by atoms with van der Waals surface area (Å²) < 4.78 is 0.564. The number of hydrazine groups is 1. The van der Waals surface area contributed by atoms with E-state index in [0.29, 0.717) is 10.0 Å². The van der Waals surface area contributed by atoms with Gasteiger partial charge in [0.15, 0.2) is 0 Å². The van der Waals surface area contributed by atoms with Crippen molar-refractivity contribution < 1.29 is 9.72 Å². The number of nitrogens with one attached hydrogen (secondary N) is 1. The molecular weight excluding hydrogens is 278 g/mol. The summed E-state index contributed by atoms with van der Waals surface area (Å²) in [4.78, 5) is 20.9. The number of nitro groups is 1. The van der Waals surface area contributed by atoms with Crippen molar-refractivity contribution in [2.75, 3.05) is 0 Å². The fourth-order valence-corrected chi connectivity index (χ4v) is 1.52. The Labute approximate surface area is 99.4 Å². The number of non-ortho nitro benzene ring substituents is 1. The van der Waals surface area contributed by atoms with Gasteiger partial charge in [0.05, 0.1) is 4.92 Å². The summed E-state index contributed by atoms with van der Waals surface area (Å²) >= 11 is 3.14. The van der Waals surface area contributed by atoms with Crippen molar-refractivity contribution in [2.45, 2.75) is 0 Å². The number of nitrogens with zero attached hydrogens (tertiary/aromatic N) is 1. The molecular formula is C9H8BrN3O3. The third kappa shape index (κ3) is 3.44. The van der Waals surface area contributed by atoms with Gasteiger partial charge in [-0.3, -0.25) is 20.3 Å². The van der Waals surface area contributed by atoms with Gasteiger partial charge in [-0.05, 0) is 17.7 Å². The SMILES string of the molecule is NNC(=O)/C=C/c1cc(Br)cc([N+](=O)[O-])c1. The maximum atomic E-state index is 10.8. The quantitative estimate of drug-likeness (QED) is 0.288. The molecule has 1 rings (SSSR count). The average molecular weight is 286 g/mol. The topological polar surface area (TPSA) is 98.3 Å². The van der Waals surface area contributed by atoms with Gasteiger partial charge in [-0.15, -0.1) is 0 Å². The van der Waals surface area contributed by atoms with Crippen molar-refractivity contribution in [2.24, 2.45) is 5.84 Å². The molecule has 0 fully saturated rings. The van der Waals surface area contributed by atoms with E-state index >= 15 is 0 Å². The first kappa shape index (κ1) is 12.3. The minimum atomic E-state index is -0.509. The van der Waals surface area contributed by atoms with E-state index in [-0.39, 0.29) is 5.69 Å². The lowest BCUT2D eigenvalue weighted by molar-refractivity contribution is -0.384. The molecule has 0 aromatic heterocycles. The predicted molar refractivity (Wildman–Crippen MR) is 62.2 cm³/mol. The van der Waals surface area contributed by atoms with Crippen LogP contribution in [0.2, 0.25) is 0 Å². The molecule has 0 spiro atoms. The van der Waals surface area contributed by atoms with E-state index in [2.05, 4.69) is 15.9 Å². The number of benzene rings is 1. The van der Waals surface area contributed by atoms with Crippen molar-refractivity contribution in [3.8, 4) is 0 Å². The summed E-state index contributed by atoms with van der Waals surface area (Å²) in [6, 6.07) is 4.37. The van der Waals surface area contributed by atoms with Crippen molar-refractivity contribution in [1.82, 2.24) is 5.43 Å². The highest BCUT2D eigenvalue weighted by Gasteiger charge is 2.07. The van der Waals surface area contributed by atoms with Crippen LogP contribution < -0.4 is 11.3 Å². The van der Waals surface area contributed by atoms with E-state index in [9.17, 15) is 14.9 Å². The van der Waals surface area contributed by atoms with Gasteiger partial charge in [0.1, 0.15) is 0 Å². The molecule has 0 aliphatic carbocycles. The van der Waals surface area contributed by atoms with E-state index in [1.165, 1.54) is 24.3 Å². The molecule has 1 aromatic carbocycles. The van der Waals surface area contributed by atoms with E-state index in [1.54, 1.807) is 6.07 Å². The standard InChI is InChI=1S/C9H8BrN3O3/c10-7-3-6(1-2-9(14)12-11)4-8(5-7)13(15)16/h1-5H,11H2,(H,12,14)/b2-1+. The molecule has 7 heteroatoms. The Balaban J connectivity index is 3.01. The summed E-state index contributed by atoms with van der Waals surface area (Å²) in [5.74, 6) is 4.39. The molecule has 0 aliphatic heterocycles. The van der Waals surface area contributed by atoms with Crippen LogP contribution in [-0.2, 0) is 4.79 Å². The van der Waals surface area contributed by atoms with Crippen molar-refractivity contribution >= 4 is 33.6 Å². The van der Waals surface area contributed by atoms with Gasteiger partial charge in [-0.25, -0.2) is 5.84 Å². The van der Waals surface area contributed by atoms with Gasteiger partial charge in [0.25, 0.3) is 11.6 Å². The third-order valence-electron chi connectivity index (χ3n) is 1.69. The molecule has 1 amide bonds. The Bertz CT molecular complexity index is 459. The average Bonchev–Trinajstić information content (AvgIpc) is 2.25. The monoisotopic (exact) mass is 285 g/mol. The normalized spacial score (nSPS) is 10.4. The number of rotatable bonds is 3. The Kier molecular flexibility index (Phi) is 4.15. The Hall–Kier alpha value is -1.73. The lowest BCUT2D eigenvalue weighted by Crippen LogP contribution is -2.27. The second-order valence-electron chi connectivity index (χ2n) is 2.84. The number of carbonyl (C=O) groups is 1. The second-order valence-corrected chi connectivity index (χ2v) is 3.76. The second kappa shape index (κ2) is 5.38. The van der Waals surface area contributed by atoms with Crippen LogP contribution in [-0.4, -0.2) is 10.8 Å². The number of amides is 1. The fourth-order valence-electron chi connectivity index (χ4n) is 1.02. The highest BCUT2D eigenvalue weighted by molar-refractivity contribution is 9.10. The Morgan fingerprint density at radius 3 is 2.75 bits per heavy atom. The summed E-state index contributed by atoms with van der Waals surface area (Å²) in [6.45, 7) is 0. The zero-order chi connectivity index (χ0) is 12.1. The van der Waals surface area contributed by atoms with Crippen LogP contribution in [0.1, 0.15) is 5.56 Å². The number of hydrogen-bond donors (Lipinski definition) is 2. The molecule has 84 valence electrons. The largest absolute Gasteiger partial charge is 0.291 e. The number of halogens is 1. The Morgan fingerprint density at radius 1 is 1.50 bits per heavy atom. The van der Waals surface area contributed by atoms with Crippen LogP contribution in [0, 0.1) is 10.1 Å². The van der Waals surface area contributed by atoms with Gasteiger partial charge >= 0.3 is 0 Å². The molecule has 0 heterocycles. The molecule has 0 saturated carbocycles. The lowest BCUT2D eigenvalue weighted by Gasteiger charge is -1.97. The van der Waals surface area contributed by atoms with Gasteiger partial charge < -0.3 is 0 Å². The number of hydrogen-bond acceptors (Lipinski definition) is 4. The van der Waals surface area contributed by atoms with Gasteiger partial charge in [0.2, 0.25) is 0 Å². The van der Waals surface area contributed by atoms with Crippen LogP contribution in [0.5, 0.6) is 0 Å². The highest BCUT2D eigenvalue weighted by atomic mass is 79.9. The van der Waals surface area contributed by atoms with Gasteiger partial charge in [-0.2, -0.15) is 0 Å². The zero-order valence-corrected chi connectivity index (χ0v) is 9.60. The van der Waals surface area contributed by atoms with Crippen LogP contribution >= 0.6 is 15.9 Å². The summed E-state index contributed by atoms with van der Waals surface area (Å²) in [6.07, 6.45) is 2.62. The van der Waals surface area contributed by atoms with Gasteiger partial charge in [-0.1, -0.05) is 15.9 Å². The Morgan fingerprint density at radius 2 is 2.19 bits per heavy atom. The molecule has 6 nitrogen and oxygen atoms in total. The molecule has 0 saturated heterocycles. The lowest BCUT2D eigenvalue weighted by atomic mass is 10.2. The first-order chi connectivity index (χ1) is 7.52. The predicted octanol–water partition coefficient (Wildman–Crippen LogP) is 1.36. The summed E-state index contributed by atoms with van der Waals surface area (Å²) in [5.41, 5.74) is 2.39. The van der Waals surface area contributed by atoms with Crippen molar-refractivity contribution in [3.63, 3.8) is 0 Å². The minimum absolute atomic E-state index is 0.0535. The number of nitro benzene ring substituents is 1. The summed E-state index contributed by atoms with van der Waals surface area (Å²) in [5, 5.41) is 10.6. The van der Waals surface area contributed by atoms with E-state index < -0.39 is 10.8 Å². The molecule has 0 unspecified atom stereocenters. The minimum Gasteiger partial charge on any atom is -0.291 e. The van der Waals surface area contributed by atoms with E-state index in [1.807, 2.05) is 5.43 Å². The zero-order valence-electron chi connectivity index (χ0n) is 8.01. The molecule has 3 N–H and O–H groups in total. The molecule has 0 bridgehead atoms. The molecule has 16 heavy (non-hydrogen) atoms.